The van der Waals surface area contributed by atoms with Crippen molar-refractivity contribution in [2.24, 2.45) is 0 Å². The van der Waals surface area contributed by atoms with E-state index >= 15 is 0 Å². The molecule has 1 unspecified atom stereocenters. The molecule has 0 fully saturated rings. The summed E-state index contributed by atoms with van der Waals surface area (Å²) in [5.41, 5.74) is 0.456. The number of para-hydroxylation sites is 1. The molecule has 0 bridgehead atoms. The number of thiophene rings is 1. The minimum absolute atomic E-state index is 0.250. The van der Waals surface area contributed by atoms with Crippen molar-refractivity contribution >= 4 is 41.1 Å². The van der Waals surface area contributed by atoms with Crippen LogP contribution in [0, 0.1) is 4.77 Å². The third kappa shape index (κ3) is 4.80. The Morgan fingerprint density at radius 1 is 1.21 bits per heavy atom. The molecule has 0 aliphatic rings. The summed E-state index contributed by atoms with van der Waals surface area (Å²) in [6.07, 6.45) is 0. The lowest BCUT2D eigenvalue weighted by atomic mass is 10.1. The first-order valence-electron chi connectivity index (χ1n) is 9.10. The van der Waals surface area contributed by atoms with Crippen molar-refractivity contribution in [3.8, 4) is 10.7 Å². The molecule has 1 aromatic carbocycles. The molecule has 0 saturated carbocycles. The monoisotopic (exact) mass is 429 g/mol. The minimum atomic E-state index is -0.628. The number of aromatic nitrogens is 3. The number of benzene rings is 1. The Bertz CT molecular complexity index is 1080. The van der Waals surface area contributed by atoms with E-state index in [2.05, 4.69) is 20.8 Å². The Morgan fingerprint density at radius 2 is 1.93 bits per heavy atom. The highest BCUT2D eigenvalue weighted by atomic mass is 32.1. The molecule has 2 amide bonds. The van der Waals surface area contributed by atoms with Crippen molar-refractivity contribution < 1.29 is 9.59 Å². The number of hydrogen-bond acceptors (Lipinski definition) is 5. The van der Waals surface area contributed by atoms with E-state index in [1.54, 1.807) is 35.8 Å². The summed E-state index contributed by atoms with van der Waals surface area (Å²) in [6.45, 7) is 7.46. The lowest BCUT2D eigenvalue weighted by molar-refractivity contribution is -0.118. The second-order valence-corrected chi connectivity index (χ2v) is 8.95. The molecule has 1 atom stereocenters. The quantitative estimate of drug-likeness (QED) is 0.524. The summed E-state index contributed by atoms with van der Waals surface area (Å²) in [5, 5.41) is 14.7. The van der Waals surface area contributed by atoms with E-state index in [0.29, 0.717) is 21.8 Å². The van der Waals surface area contributed by atoms with Crippen LogP contribution in [0.4, 0.5) is 5.69 Å². The van der Waals surface area contributed by atoms with Crippen molar-refractivity contribution in [1.82, 2.24) is 20.1 Å². The number of carbonyl (C=O) groups excluding carboxylic acids is 2. The highest BCUT2D eigenvalue weighted by molar-refractivity contribution is 7.71. The van der Waals surface area contributed by atoms with Gasteiger partial charge in [-0.15, -0.1) is 11.3 Å². The molecule has 0 radical (unpaired) electrons. The van der Waals surface area contributed by atoms with E-state index in [1.165, 1.54) is 11.3 Å². The van der Waals surface area contributed by atoms with Gasteiger partial charge in [-0.1, -0.05) is 18.2 Å². The van der Waals surface area contributed by atoms with Gasteiger partial charge in [0.2, 0.25) is 5.91 Å². The predicted molar refractivity (Wildman–Crippen MR) is 118 cm³/mol. The van der Waals surface area contributed by atoms with Crippen molar-refractivity contribution in [2.75, 3.05) is 5.32 Å². The fourth-order valence-corrected chi connectivity index (χ4v) is 3.80. The topological polar surface area (TPSA) is 91.8 Å². The lowest BCUT2D eigenvalue weighted by Crippen LogP contribution is -2.41. The standard InChI is InChI=1S/C20H23N5O2S2/c1-12(25-16(23-24-19(25)28)15-10-7-11-29-15)17(26)21-14-9-6-5-8-13(14)18(27)22-20(2,3)4/h5-12H,1-4H3,(H,21,26)(H,22,27)(H,24,28). The Hall–Kier alpha value is -2.78. The van der Waals surface area contributed by atoms with Crippen LogP contribution in [0.1, 0.15) is 44.1 Å². The largest absolute Gasteiger partial charge is 0.347 e. The van der Waals surface area contributed by atoms with Crippen LogP contribution in [0.2, 0.25) is 0 Å². The average Bonchev–Trinajstić information content (AvgIpc) is 3.29. The molecule has 0 aliphatic carbocycles. The van der Waals surface area contributed by atoms with Crippen LogP contribution in [-0.2, 0) is 4.79 Å². The number of anilines is 1. The van der Waals surface area contributed by atoms with E-state index < -0.39 is 6.04 Å². The van der Waals surface area contributed by atoms with Gasteiger partial charge in [0.15, 0.2) is 10.6 Å². The number of amides is 2. The van der Waals surface area contributed by atoms with E-state index in [9.17, 15) is 9.59 Å². The number of nitrogens with zero attached hydrogens (tertiary/aromatic N) is 2. The third-order valence-corrected chi connectivity index (χ3v) is 5.28. The molecule has 7 nitrogen and oxygen atoms in total. The van der Waals surface area contributed by atoms with Gasteiger partial charge in [-0.05, 0) is 63.5 Å². The average molecular weight is 430 g/mol. The van der Waals surface area contributed by atoms with Gasteiger partial charge in [0.05, 0.1) is 16.1 Å². The number of H-pyrrole nitrogens is 1. The maximum Gasteiger partial charge on any atom is 0.253 e. The molecular formula is C20H23N5O2S2. The molecule has 0 aliphatic heterocycles. The number of carbonyl (C=O) groups is 2. The van der Waals surface area contributed by atoms with Gasteiger partial charge in [-0.2, -0.15) is 5.10 Å². The summed E-state index contributed by atoms with van der Waals surface area (Å²) in [4.78, 5) is 26.5. The second kappa shape index (κ2) is 8.30. The normalized spacial score (nSPS) is 12.4. The zero-order chi connectivity index (χ0) is 21.2. The first-order chi connectivity index (χ1) is 13.7. The van der Waals surface area contributed by atoms with E-state index in [4.69, 9.17) is 12.2 Å². The van der Waals surface area contributed by atoms with Crippen molar-refractivity contribution in [3.63, 3.8) is 0 Å². The highest BCUT2D eigenvalue weighted by Gasteiger charge is 2.24. The van der Waals surface area contributed by atoms with Crippen LogP contribution in [0.15, 0.2) is 41.8 Å². The molecule has 3 rings (SSSR count). The SMILES string of the molecule is CC(C(=O)Nc1ccccc1C(=O)NC(C)(C)C)n1c(-c2cccs2)n[nH]c1=S. The zero-order valence-corrected chi connectivity index (χ0v) is 18.3. The molecule has 3 N–H and O–H groups in total. The number of hydrogen-bond donors (Lipinski definition) is 3. The highest BCUT2D eigenvalue weighted by Crippen LogP contribution is 2.26. The van der Waals surface area contributed by atoms with E-state index in [1.807, 2.05) is 38.3 Å². The third-order valence-electron chi connectivity index (χ3n) is 4.13. The molecule has 3 aromatic rings. The fraction of sp³-hybridized carbons (Fsp3) is 0.300. The summed E-state index contributed by atoms with van der Waals surface area (Å²) >= 11 is 6.85. The van der Waals surface area contributed by atoms with Crippen molar-refractivity contribution in [1.29, 1.82) is 0 Å². The second-order valence-electron chi connectivity index (χ2n) is 7.61. The number of rotatable bonds is 5. The maximum atomic E-state index is 13.0. The van der Waals surface area contributed by atoms with Gasteiger partial charge in [0, 0.05) is 5.54 Å². The van der Waals surface area contributed by atoms with Gasteiger partial charge in [0.1, 0.15) is 6.04 Å². The van der Waals surface area contributed by atoms with Crippen LogP contribution < -0.4 is 10.6 Å². The van der Waals surface area contributed by atoms with Crippen LogP contribution in [0.5, 0.6) is 0 Å². The number of aromatic amines is 1. The molecule has 29 heavy (non-hydrogen) atoms. The molecule has 2 aromatic heterocycles. The summed E-state index contributed by atoms with van der Waals surface area (Å²) in [5.74, 6) is 0.0583. The smallest absolute Gasteiger partial charge is 0.253 e. The molecule has 0 spiro atoms. The summed E-state index contributed by atoms with van der Waals surface area (Å²) in [7, 11) is 0. The van der Waals surface area contributed by atoms with E-state index in [-0.39, 0.29) is 17.4 Å². The van der Waals surface area contributed by atoms with Crippen LogP contribution in [-0.4, -0.2) is 32.1 Å². The minimum Gasteiger partial charge on any atom is -0.347 e. The van der Waals surface area contributed by atoms with Crippen molar-refractivity contribution in [3.05, 3.63) is 52.1 Å². The molecule has 152 valence electrons. The Kier molecular flexibility index (Phi) is 5.99. The molecular weight excluding hydrogens is 406 g/mol. The number of nitrogens with one attached hydrogen (secondary N) is 3. The van der Waals surface area contributed by atoms with Gasteiger partial charge in [0.25, 0.3) is 5.91 Å². The Morgan fingerprint density at radius 3 is 2.59 bits per heavy atom. The lowest BCUT2D eigenvalue weighted by Gasteiger charge is -2.22. The van der Waals surface area contributed by atoms with Gasteiger partial charge in [-0.25, -0.2) is 0 Å². The first kappa shape index (κ1) is 20.9. The first-order valence-corrected chi connectivity index (χ1v) is 10.4. The van der Waals surface area contributed by atoms with Gasteiger partial charge < -0.3 is 10.6 Å². The van der Waals surface area contributed by atoms with Crippen LogP contribution in [0.25, 0.3) is 10.7 Å². The Balaban J connectivity index is 1.86. The van der Waals surface area contributed by atoms with Gasteiger partial charge >= 0.3 is 0 Å². The molecule has 0 saturated heterocycles. The predicted octanol–water partition coefficient (Wildman–Crippen LogP) is 4.40. The zero-order valence-electron chi connectivity index (χ0n) is 16.6. The molecule has 9 heteroatoms. The molecule has 2 heterocycles. The van der Waals surface area contributed by atoms with Crippen LogP contribution >= 0.6 is 23.6 Å². The fourth-order valence-electron chi connectivity index (χ4n) is 2.80. The summed E-state index contributed by atoms with van der Waals surface area (Å²) < 4.78 is 2.03. The van der Waals surface area contributed by atoms with Gasteiger partial charge in [-0.3, -0.25) is 19.3 Å². The Labute approximate surface area is 178 Å². The van der Waals surface area contributed by atoms with Crippen molar-refractivity contribution in [2.45, 2.75) is 39.3 Å². The van der Waals surface area contributed by atoms with E-state index in [0.717, 1.165) is 4.88 Å². The summed E-state index contributed by atoms with van der Waals surface area (Å²) in [6, 6.07) is 10.1. The van der Waals surface area contributed by atoms with Crippen LogP contribution in [0.3, 0.4) is 0 Å². The maximum absolute atomic E-state index is 13.0.